The number of aromatic nitrogens is 1. The number of carbonyl (C=O) groups excluding carboxylic acids is 1. The number of amides is 1. The van der Waals surface area contributed by atoms with Gasteiger partial charge in [0.15, 0.2) is 0 Å². The fraction of sp³-hybridized carbons (Fsp3) is 0.514. The second kappa shape index (κ2) is 13.5. The average Bonchev–Trinajstić information content (AvgIpc) is 3.38. The van der Waals surface area contributed by atoms with E-state index in [-0.39, 0.29) is 24.1 Å². The molecule has 1 amide bonds. The van der Waals surface area contributed by atoms with Crippen molar-refractivity contribution in [1.82, 2.24) is 14.8 Å². The van der Waals surface area contributed by atoms with Crippen LogP contribution in [0.1, 0.15) is 61.0 Å². The highest BCUT2D eigenvalue weighted by molar-refractivity contribution is 5.95. The Kier molecular flexibility index (Phi) is 9.39. The maximum atomic E-state index is 13.7. The van der Waals surface area contributed by atoms with E-state index in [1.807, 2.05) is 12.1 Å². The average molecular weight is 638 g/mol. The Morgan fingerprint density at radius 1 is 1.07 bits per heavy atom. The summed E-state index contributed by atoms with van der Waals surface area (Å²) < 4.78 is 53.7. The van der Waals surface area contributed by atoms with Crippen molar-refractivity contribution in [3.05, 3.63) is 53.7 Å². The summed E-state index contributed by atoms with van der Waals surface area (Å²) in [4.78, 5) is 14.6. The fourth-order valence-electron chi connectivity index (χ4n) is 7.15. The molecule has 1 aromatic heterocycles. The van der Waals surface area contributed by atoms with Gasteiger partial charge in [0.1, 0.15) is 12.3 Å². The number of halogens is 3. The molecule has 3 fully saturated rings. The van der Waals surface area contributed by atoms with Crippen molar-refractivity contribution < 1.29 is 27.4 Å². The van der Waals surface area contributed by atoms with E-state index >= 15 is 0 Å². The Hall–Kier alpha value is -3.88. The van der Waals surface area contributed by atoms with Gasteiger partial charge in [-0.2, -0.15) is 13.2 Å². The number of rotatable bonds is 8. The number of nitrogens with zero attached hydrogens (tertiary/aromatic N) is 2. The third kappa shape index (κ3) is 7.08. The number of fused-ring (bicyclic) bond motifs is 1. The van der Waals surface area contributed by atoms with Crippen molar-refractivity contribution in [2.45, 2.75) is 75.4 Å². The molecule has 3 N–H and O–H groups in total. The van der Waals surface area contributed by atoms with Crippen LogP contribution >= 0.6 is 0 Å². The zero-order valence-corrected chi connectivity index (χ0v) is 26.4. The summed E-state index contributed by atoms with van der Waals surface area (Å²) in [5.41, 5.74) is 2.87. The lowest BCUT2D eigenvalue weighted by molar-refractivity contribution is -0.176. The van der Waals surface area contributed by atoms with E-state index in [4.69, 9.17) is 9.47 Å². The van der Waals surface area contributed by atoms with Crippen molar-refractivity contribution in [2.75, 3.05) is 51.0 Å². The lowest BCUT2D eigenvalue weighted by Crippen LogP contribution is -2.54. The summed E-state index contributed by atoms with van der Waals surface area (Å²) in [6.45, 7) is 2.15. The van der Waals surface area contributed by atoms with Crippen LogP contribution in [0.15, 0.2) is 42.5 Å². The van der Waals surface area contributed by atoms with E-state index in [0.29, 0.717) is 34.3 Å². The Morgan fingerprint density at radius 3 is 2.48 bits per heavy atom. The van der Waals surface area contributed by atoms with Crippen LogP contribution in [0, 0.1) is 11.8 Å². The zero-order chi connectivity index (χ0) is 32.3. The molecule has 46 heavy (non-hydrogen) atoms. The van der Waals surface area contributed by atoms with Gasteiger partial charge in [-0.3, -0.25) is 4.79 Å². The number of likely N-dealkylation sites (tertiary alicyclic amines) is 1. The molecule has 6 rings (SSSR count). The van der Waals surface area contributed by atoms with Crippen LogP contribution in [0.4, 0.5) is 24.5 Å². The lowest BCUT2D eigenvalue weighted by atomic mass is 9.82. The number of anilines is 2. The molecule has 11 heteroatoms. The molecule has 0 atom stereocenters. The van der Waals surface area contributed by atoms with Crippen LogP contribution in [0.2, 0.25) is 0 Å². The molecule has 1 spiro atoms. The second-order valence-electron chi connectivity index (χ2n) is 12.6. The summed E-state index contributed by atoms with van der Waals surface area (Å²) in [5.74, 6) is 6.16. The van der Waals surface area contributed by atoms with E-state index in [1.165, 1.54) is 18.1 Å². The van der Waals surface area contributed by atoms with Crippen LogP contribution < -0.4 is 20.7 Å². The molecule has 246 valence electrons. The van der Waals surface area contributed by atoms with Crippen LogP contribution in [0.5, 0.6) is 5.75 Å². The minimum atomic E-state index is -4.40. The second-order valence-corrected chi connectivity index (χ2v) is 12.6. The summed E-state index contributed by atoms with van der Waals surface area (Å²) in [6, 6.07) is 13.1. The number of piperidine rings is 1. The molecule has 0 radical (unpaired) electrons. The van der Waals surface area contributed by atoms with Gasteiger partial charge in [-0.25, -0.2) is 0 Å². The van der Waals surface area contributed by atoms with Crippen LogP contribution in [0.3, 0.4) is 0 Å². The number of hydrogen-bond acceptors (Lipinski definition) is 6. The first kappa shape index (κ1) is 32.1. The Labute approximate surface area is 268 Å². The number of carbonyl (C=O) groups is 1. The van der Waals surface area contributed by atoms with E-state index in [0.717, 1.165) is 69.3 Å². The lowest BCUT2D eigenvalue weighted by Gasteiger charge is -2.50. The normalized spacial score (nSPS) is 21.2. The number of nitrogens with one attached hydrogen (secondary N) is 3. The molecule has 2 aliphatic heterocycles. The Morgan fingerprint density at radius 2 is 1.83 bits per heavy atom. The molecule has 8 nitrogen and oxygen atoms in total. The van der Waals surface area contributed by atoms with E-state index in [2.05, 4.69) is 32.7 Å². The van der Waals surface area contributed by atoms with Gasteiger partial charge in [-0.05, 0) is 87.3 Å². The largest absolute Gasteiger partial charge is 0.495 e. The molecule has 3 aliphatic rings. The minimum Gasteiger partial charge on any atom is -0.495 e. The summed E-state index contributed by atoms with van der Waals surface area (Å²) in [6.07, 6.45) is 3.32. The SMILES string of the molecule is CNC(=O)c1ccc(NCC#Cc2cc3c(N[C@H]4CC[C@H](N5CCC6(CCO6)CC5)CC4)cccc3n2CC(F)(F)F)c(OC)c1. The van der Waals surface area contributed by atoms with Gasteiger partial charge < -0.3 is 34.9 Å². The van der Waals surface area contributed by atoms with Gasteiger partial charge >= 0.3 is 6.18 Å². The van der Waals surface area contributed by atoms with Crippen molar-refractivity contribution in [3.63, 3.8) is 0 Å². The van der Waals surface area contributed by atoms with Gasteiger partial charge in [-0.1, -0.05) is 12.0 Å². The molecule has 1 aliphatic carbocycles. The highest BCUT2D eigenvalue weighted by atomic mass is 19.4. The first-order chi connectivity index (χ1) is 22.2. The van der Waals surface area contributed by atoms with Crippen molar-refractivity contribution in [1.29, 1.82) is 0 Å². The maximum Gasteiger partial charge on any atom is 0.406 e. The minimum absolute atomic E-state index is 0.158. The molecule has 2 saturated heterocycles. The van der Waals surface area contributed by atoms with Gasteiger partial charge in [0.2, 0.25) is 0 Å². The Balaban J connectivity index is 1.13. The Bertz CT molecular complexity index is 1600. The van der Waals surface area contributed by atoms with Crippen molar-refractivity contribution in [2.24, 2.45) is 0 Å². The quantitative estimate of drug-likeness (QED) is 0.263. The number of alkyl halides is 3. The van der Waals surface area contributed by atoms with E-state index in [9.17, 15) is 18.0 Å². The van der Waals surface area contributed by atoms with E-state index in [1.54, 1.807) is 37.4 Å². The number of ether oxygens (including phenoxy) is 2. The first-order valence-corrected chi connectivity index (χ1v) is 16.1. The third-order valence-corrected chi connectivity index (χ3v) is 9.81. The van der Waals surface area contributed by atoms with Crippen LogP contribution in [0.25, 0.3) is 10.9 Å². The molecule has 0 bridgehead atoms. The third-order valence-electron chi connectivity index (χ3n) is 9.81. The van der Waals surface area contributed by atoms with Crippen molar-refractivity contribution in [3.8, 4) is 17.6 Å². The highest BCUT2D eigenvalue weighted by Crippen LogP contribution is 2.39. The monoisotopic (exact) mass is 637 g/mol. The highest BCUT2D eigenvalue weighted by Gasteiger charge is 2.42. The molecule has 0 unspecified atom stereocenters. The molecular formula is C35H42F3N5O3. The topological polar surface area (TPSA) is 79.8 Å². The predicted octanol–water partition coefficient (Wildman–Crippen LogP) is 6.01. The number of hydrogen-bond donors (Lipinski definition) is 3. The van der Waals surface area contributed by atoms with Gasteiger partial charge in [0.25, 0.3) is 5.91 Å². The van der Waals surface area contributed by atoms with Crippen molar-refractivity contribution >= 4 is 28.2 Å². The molecule has 3 heterocycles. The molecule has 2 aromatic carbocycles. The molecule has 1 saturated carbocycles. The maximum absolute atomic E-state index is 13.7. The standard InChI is InChI=1S/C35H42F3N5O3/c1-39-33(44)24-8-13-30(32(21-24)45-2)40-17-4-5-27-22-28-29(6-3-7-31(28)43(27)23-35(36,37)38)41-25-9-11-26(12-10-25)42-18-14-34(15-19-42)16-20-46-34/h3,6-8,13,21-22,25-26,40-41H,9-12,14-20,23H2,1-2H3,(H,39,44)/t25-,26-. The fourth-order valence-corrected chi connectivity index (χ4v) is 7.15. The van der Waals surface area contributed by atoms with Gasteiger partial charge in [0.05, 0.1) is 42.8 Å². The molecule has 3 aromatic rings. The molecular weight excluding hydrogens is 595 g/mol. The summed E-state index contributed by atoms with van der Waals surface area (Å²) in [5, 5.41) is 10.1. The smallest absolute Gasteiger partial charge is 0.406 e. The van der Waals surface area contributed by atoms with Gasteiger partial charge in [0, 0.05) is 48.9 Å². The zero-order valence-electron chi connectivity index (χ0n) is 26.4. The summed E-state index contributed by atoms with van der Waals surface area (Å²) in [7, 11) is 3.05. The number of benzene rings is 2. The van der Waals surface area contributed by atoms with Gasteiger partial charge in [-0.15, -0.1) is 0 Å². The van der Waals surface area contributed by atoms with Crippen LogP contribution in [-0.4, -0.2) is 79.6 Å². The van der Waals surface area contributed by atoms with Crippen LogP contribution in [-0.2, 0) is 11.3 Å². The first-order valence-electron chi connectivity index (χ1n) is 16.1. The number of methoxy groups -OCH3 is 1. The van der Waals surface area contributed by atoms with E-state index < -0.39 is 12.7 Å². The summed E-state index contributed by atoms with van der Waals surface area (Å²) >= 11 is 0. The predicted molar refractivity (Wildman–Crippen MR) is 174 cm³/mol.